The molecule has 0 radical (unpaired) electrons. The highest BCUT2D eigenvalue weighted by molar-refractivity contribution is 7.84. The van der Waals surface area contributed by atoms with Gasteiger partial charge in [0.2, 0.25) is 0 Å². The molecule has 0 spiro atoms. The number of hydrogen-bond acceptors (Lipinski definition) is 4. The van der Waals surface area contributed by atoms with E-state index in [4.69, 9.17) is 0 Å². The van der Waals surface area contributed by atoms with Crippen molar-refractivity contribution >= 4 is 16.8 Å². The molecule has 4 nitrogen and oxygen atoms in total. The number of esters is 1. The van der Waals surface area contributed by atoms with E-state index in [1.54, 1.807) is 13.1 Å². The standard InChI is InChI=1S/C11H15NO3S/c1-9(7-11(13)15-2)16(14)8-10-5-3-4-6-12-10/h3-6,9H,7-8H2,1-2H3. The number of pyridine rings is 1. The van der Waals surface area contributed by atoms with E-state index in [1.807, 2.05) is 18.2 Å². The molecule has 88 valence electrons. The van der Waals surface area contributed by atoms with Gasteiger partial charge in [0.25, 0.3) is 0 Å². The molecule has 0 amide bonds. The molecule has 1 aromatic heterocycles. The first-order chi connectivity index (χ1) is 7.63. The van der Waals surface area contributed by atoms with Gasteiger partial charge >= 0.3 is 5.97 Å². The Hall–Kier alpha value is -1.23. The molecule has 5 heteroatoms. The summed E-state index contributed by atoms with van der Waals surface area (Å²) in [5, 5.41) is -0.213. The van der Waals surface area contributed by atoms with Crippen molar-refractivity contribution in [1.29, 1.82) is 0 Å². The first kappa shape index (κ1) is 12.8. The van der Waals surface area contributed by atoms with Crippen LogP contribution < -0.4 is 0 Å². The first-order valence-corrected chi connectivity index (χ1v) is 6.35. The Balaban J connectivity index is 2.49. The zero-order valence-electron chi connectivity index (χ0n) is 9.38. The molecule has 16 heavy (non-hydrogen) atoms. The van der Waals surface area contributed by atoms with E-state index in [2.05, 4.69) is 9.72 Å². The number of carbonyl (C=O) groups excluding carboxylic acids is 1. The second kappa shape index (κ2) is 6.37. The second-order valence-electron chi connectivity index (χ2n) is 3.44. The van der Waals surface area contributed by atoms with Crippen molar-refractivity contribution in [3.63, 3.8) is 0 Å². The Bertz CT molecular complexity index is 367. The molecule has 0 N–H and O–H groups in total. The quantitative estimate of drug-likeness (QED) is 0.729. The smallest absolute Gasteiger partial charge is 0.306 e. The number of rotatable bonds is 5. The van der Waals surface area contributed by atoms with Gasteiger partial charge in [-0.05, 0) is 12.1 Å². The average Bonchev–Trinajstić information content (AvgIpc) is 2.30. The zero-order chi connectivity index (χ0) is 12.0. The van der Waals surface area contributed by atoms with Crippen LogP contribution in [0.5, 0.6) is 0 Å². The van der Waals surface area contributed by atoms with Crippen LogP contribution in [-0.2, 0) is 26.1 Å². The number of aromatic nitrogens is 1. The monoisotopic (exact) mass is 241 g/mol. The first-order valence-electron chi connectivity index (χ1n) is 4.97. The van der Waals surface area contributed by atoms with Crippen LogP contribution in [0.15, 0.2) is 24.4 Å². The predicted molar refractivity (Wildman–Crippen MR) is 62.2 cm³/mol. The normalized spacial score (nSPS) is 14.1. The van der Waals surface area contributed by atoms with Crippen LogP contribution in [0.3, 0.4) is 0 Å². The maximum atomic E-state index is 11.8. The summed E-state index contributed by atoms with van der Waals surface area (Å²) in [5.41, 5.74) is 0.776. The van der Waals surface area contributed by atoms with Crippen LogP contribution in [0.1, 0.15) is 19.0 Å². The zero-order valence-corrected chi connectivity index (χ0v) is 10.2. The third kappa shape index (κ3) is 4.10. The highest BCUT2D eigenvalue weighted by atomic mass is 32.2. The van der Waals surface area contributed by atoms with Crippen LogP contribution in [-0.4, -0.2) is 27.5 Å². The number of hydrogen-bond donors (Lipinski definition) is 0. The van der Waals surface area contributed by atoms with Crippen LogP contribution in [0.4, 0.5) is 0 Å². The highest BCUT2D eigenvalue weighted by Crippen LogP contribution is 2.08. The molecule has 0 saturated carbocycles. The number of ether oxygens (including phenoxy) is 1. The minimum absolute atomic E-state index is 0.177. The number of methoxy groups -OCH3 is 1. The maximum Gasteiger partial charge on any atom is 0.306 e. The lowest BCUT2D eigenvalue weighted by molar-refractivity contribution is -0.140. The minimum atomic E-state index is -1.10. The summed E-state index contributed by atoms with van der Waals surface area (Å²) in [4.78, 5) is 15.1. The topological polar surface area (TPSA) is 56.3 Å². The van der Waals surface area contributed by atoms with Crippen molar-refractivity contribution in [3.05, 3.63) is 30.1 Å². The summed E-state index contributed by atoms with van der Waals surface area (Å²) in [5.74, 6) is 0.0424. The third-order valence-electron chi connectivity index (χ3n) is 2.15. The molecule has 0 aliphatic heterocycles. The number of carbonyl (C=O) groups is 1. The second-order valence-corrected chi connectivity index (χ2v) is 5.29. The van der Waals surface area contributed by atoms with Crippen molar-refractivity contribution in [3.8, 4) is 0 Å². The van der Waals surface area contributed by atoms with Crippen LogP contribution in [0.2, 0.25) is 0 Å². The van der Waals surface area contributed by atoms with Gasteiger partial charge in [-0.1, -0.05) is 13.0 Å². The molecule has 1 heterocycles. The fourth-order valence-corrected chi connectivity index (χ4v) is 2.25. The molecular formula is C11H15NO3S. The minimum Gasteiger partial charge on any atom is -0.469 e. The van der Waals surface area contributed by atoms with Crippen LogP contribution >= 0.6 is 0 Å². The van der Waals surface area contributed by atoms with E-state index in [-0.39, 0.29) is 17.6 Å². The lowest BCUT2D eigenvalue weighted by Gasteiger charge is -2.09. The third-order valence-corrected chi connectivity index (χ3v) is 3.79. The van der Waals surface area contributed by atoms with E-state index < -0.39 is 10.8 Å². The van der Waals surface area contributed by atoms with Crippen molar-refractivity contribution in [2.24, 2.45) is 0 Å². The highest BCUT2D eigenvalue weighted by Gasteiger charge is 2.16. The SMILES string of the molecule is COC(=O)CC(C)S(=O)Cc1ccccn1. The van der Waals surface area contributed by atoms with Crippen molar-refractivity contribution in [2.75, 3.05) is 7.11 Å². The van der Waals surface area contributed by atoms with Crippen molar-refractivity contribution in [2.45, 2.75) is 24.3 Å². The van der Waals surface area contributed by atoms with E-state index in [9.17, 15) is 9.00 Å². The molecule has 2 unspecified atom stereocenters. The van der Waals surface area contributed by atoms with E-state index >= 15 is 0 Å². The van der Waals surface area contributed by atoms with Crippen LogP contribution in [0, 0.1) is 0 Å². The van der Waals surface area contributed by atoms with E-state index in [1.165, 1.54) is 7.11 Å². The van der Waals surface area contributed by atoms with Crippen LogP contribution in [0.25, 0.3) is 0 Å². The summed E-state index contributed by atoms with van der Waals surface area (Å²) in [6.45, 7) is 1.77. The lowest BCUT2D eigenvalue weighted by atomic mass is 10.3. The molecular weight excluding hydrogens is 226 g/mol. The van der Waals surface area contributed by atoms with Gasteiger partial charge in [0.15, 0.2) is 0 Å². The Morgan fingerprint density at radius 3 is 2.88 bits per heavy atom. The summed E-state index contributed by atoms with van der Waals surface area (Å²) in [7, 11) is 0.229. The largest absolute Gasteiger partial charge is 0.469 e. The summed E-state index contributed by atoms with van der Waals surface area (Å²) in [6.07, 6.45) is 1.84. The fraction of sp³-hybridized carbons (Fsp3) is 0.455. The molecule has 1 aromatic rings. The molecule has 2 atom stereocenters. The molecule has 0 bridgehead atoms. The Morgan fingerprint density at radius 1 is 1.56 bits per heavy atom. The lowest BCUT2D eigenvalue weighted by Crippen LogP contribution is -2.18. The molecule has 1 rings (SSSR count). The van der Waals surface area contributed by atoms with Gasteiger partial charge in [-0.25, -0.2) is 0 Å². The fourth-order valence-electron chi connectivity index (χ4n) is 1.18. The number of nitrogens with zero attached hydrogens (tertiary/aromatic N) is 1. The molecule has 0 saturated heterocycles. The summed E-state index contributed by atoms with van der Waals surface area (Å²) < 4.78 is 16.4. The van der Waals surface area contributed by atoms with E-state index in [0.29, 0.717) is 5.75 Å². The Labute approximate surface area is 97.5 Å². The molecule has 0 aromatic carbocycles. The predicted octanol–water partition coefficient (Wildman–Crippen LogP) is 1.28. The Kier molecular flexibility index (Phi) is 5.11. The molecule has 0 fully saturated rings. The van der Waals surface area contributed by atoms with Crippen molar-refractivity contribution < 1.29 is 13.7 Å². The van der Waals surface area contributed by atoms with Gasteiger partial charge in [0.05, 0.1) is 25.0 Å². The van der Waals surface area contributed by atoms with Gasteiger partial charge in [-0.15, -0.1) is 0 Å². The maximum absolute atomic E-state index is 11.8. The molecule has 0 aliphatic rings. The average molecular weight is 241 g/mol. The van der Waals surface area contributed by atoms with Gasteiger partial charge in [0.1, 0.15) is 0 Å². The summed E-state index contributed by atoms with van der Waals surface area (Å²) >= 11 is 0. The Morgan fingerprint density at radius 2 is 2.31 bits per heavy atom. The van der Waals surface area contributed by atoms with Gasteiger partial charge < -0.3 is 4.74 Å². The van der Waals surface area contributed by atoms with E-state index in [0.717, 1.165) is 5.69 Å². The van der Waals surface area contributed by atoms with Gasteiger partial charge in [0, 0.05) is 22.2 Å². The molecule has 0 aliphatic carbocycles. The summed E-state index contributed by atoms with van der Waals surface area (Å²) in [6, 6.07) is 5.48. The van der Waals surface area contributed by atoms with Crippen molar-refractivity contribution in [1.82, 2.24) is 4.98 Å². The van der Waals surface area contributed by atoms with Gasteiger partial charge in [-0.2, -0.15) is 0 Å². The van der Waals surface area contributed by atoms with Gasteiger partial charge in [-0.3, -0.25) is 14.0 Å².